The standard InChI is InChI=1S/C24H22N2O2/c1-16-10-12-17(13-11-16)21-15-22-20-8-3-4-9-23(20)28-24(26(22)25-21)18-6-5-7-19(14-18)27-2/h3-14,22,24H,15H2,1-2H3/t22-,24-/m0/s1. The highest BCUT2D eigenvalue weighted by Crippen LogP contribution is 2.47. The van der Waals surface area contributed by atoms with Gasteiger partial charge in [0.15, 0.2) is 0 Å². The number of hydrogen-bond acceptors (Lipinski definition) is 4. The number of hydrogen-bond donors (Lipinski definition) is 0. The van der Waals surface area contributed by atoms with Crippen LogP contribution in [0.4, 0.5) is 0 Å². The summed E-state index contributed by atoms with van der Waals surface area (Å²) in [5, 5.41) is 7.11. The van der Waals surface area contributed by atoms with Gasteiger partial charge in [-0.2, -0.15) is 5.10 Å². The number of ether oxygens (including phenoxy) is 2. The van der Waals surface area contributed by atoms with Crippen molar-refractivity contribution in [3.63, 3.8) is 0 Å². The SMILES string of the molecule is COc1cccc([C@@H]2Oc3ccccc3[C@@H]3CC(c4ccc(C)cc4)=NN32)c1. The second kappa shape index (κ2) is 6.71. The summed E-state index contributed by atoms with van der Waals surface area (Å²) >= 11 is 0. The molecule has 0 saturated carbocycles. The molecule has 0 spiro atoms. The Morgan fingerprint density at radius 3 is 2.64 bits per heavy atom. The Balaban J connectivity index is 1.59. The summed E-state index contributed by atoms with van der Waals surface area (Å²) in [6.07, 6.45) is 0.585. The Morgan fingerprint density at radius 1 is 1.00 bits per heavy atom. The number of fused-ring (bicyclic) bond motifs is 3. The van der Waals surface area contributed by atoms with E-state index >= 15 is 0 Å². The Labute approximate surface area is 165 Å². The van der Waals surface area contributed by atoms with E-state index in [0.717, 1.165) is 29.2 Å². The first-order valence-corrected chi connectivity index (χ1v) is 9.55. The van der Waals surface area contributed by atoms with Crippen LogP contribution >= 0.6 is 0 Å². The molecule has 3 aromatic carbocycles. The van der Waals surface area contributed by atoms with Crippen molar-refractivity contribution in [1.82, 2.24) is 5.01 Å². The number of benzene rings is 3. The molecule has 0 fully saturated rings. The fourth-order valence-corrected chi connectivity index (χ4v) is 3.97. The van der Waals surface area contributed by atoms with Crippen LogP contribution in [0.5, 0.6) is 11.5 Å². The third-order valence-corrected chi connectivity index (χ3v) is 5.46. The highest BCUT2D eigenvalue weighted by molar-refractivity contribution is 6.02. The van der Waals surface area contributed by atoms with Gasteiger partial charge < -0.3 is 9.47 Å². The molecule has 0 saturated heterocycles. The topological polar surface area (TPSA) is 34.1 Å². The van der Waals surface area contributed by atoms with Crippen LogP contribution in [0.2, 0.25) is 0 Å². The summed E-state index contributed by atoms with van der Waals surface area (Å²) < 4.78 is 11.8. The van der Waals surface area contributed by atoms with Gasteiger partial charge in [-0.15, -0.1) is 0 Å². The van der Waals surface area contributed by atoms with E-state index in [1.54, 1.807) is 7.11 Å². The van der Waals surface area contributed by atoms with Gasteiger partial charge in [-0.25, -0.2) is 5.01 Å². The monoisotopic (exact) mass is 370 g/mol. The first kappa shape index (κ1) is 16.9. The van der Waals surface area contributed by atoms with Crippen LogP contribution in [0.25, 0.3) is 0 Å². The molecule has 0 radical (unpaired) electrons. The minimum atomic E-state index is -0.280. The zero-order valence-corrected chi connectivity index (χ0v) is 16.0. The van der Waals surface area contributed by atoms with E-state index in [4.69, 9.17) is 14.6 Å². The molecule has 4 nitrogen and oxygen atoms in total. The molecule has 3 aromatic rings. The summed E-state index contributed by atoms with van der Waals surface area (Å²) in [4.78, 5) is 0. The summed E-state index contributed by atoms with van der Waals surface area (Å²) in [7, 11) is 1.68. The van der Waals surface area contributed by atoms with Gasteiger partial charge in [-0.3, -0.25) is 0 Å². The van der Waals surface area contributed by atoms with E-state index in [9.17, 15) is 0 Å². The zero-order valence-electron chi connectivity index (χ0n) is 16.0. The maximum absolute atomic E-state index is 6.40. The van der Waals surface area contributed by atoms with Gasteiger partial charge in [0.1, 0.15) is 11.5 Å². The summed E-state index contributed by atoms with van der Waals surface area (Å²) in [5.41, 5.74) is 5.74. The van der Waals surface area contributed by atoms with Gasteiger partial charge in [-0.1, -0.05) is 60.2 Å². The number of hydrazone groups is 1. The van der Waals surface area contributed by atoms with Gasteiger partial charge in [0, 0.05) is 17.5 Å². The fourth-order valence-electron chi connectivity index (χ4n) is 3.97. The second-order valence-electron chi connectivity index (χ2n) is 7.30. The lowest BCUT2D eigenvalue weighted by molar-refractivity contribution is -0.0191. The Kier molecular flexibility index (Phi) is 4.05. The van der Waals surface area contributed by atoms with Crippen molar-refractivity contribution in [2.24, 2.45) is 5.10 Å². The molecule has 28 heavy (non-hydrogen) atoms. The lowest BCUT2D eigenvalue weighted by Gasteiger charge is -2.38. The number of rotatable bonds is 3. The van der Waals surface area contributed by atoms with Gasteiger partial charge in [0.25, 0.3) is 0 Å². The van der Waals surface area contributed by atoms with Crippen LogP contribution < -0.4 is 9.47 Å². The second-order valence-corrected chi connectivity index (χ2v) is 7.30. The lowest BCUT2D eigenvalue weighted by atomic mass is 9.95. The molecule has 2 aliphatic rings. The van der Waals surface area contributed by atoms with E-state index < -0.39 is 0 Å². The van der Waals surface area contributed by atoms with E-state index in [2.05, 4.69) is 54.4 Å². The molecule has 0 aromatic heterocycles. The first-order chi connectivity index (χ1) is 13.7. The fraction of sp³-hybridized carbons (Fsp3) is 0.208. The van der Waals surface area contributed by atoms with Gasteiger partial charge in [0.05, 0.1) is 18.9 Å². The maximum atomic E-state index is 6.40. The third-order valence-electron chi connectivity index (χ3n) is 5.46. The molecule has 0 aliphatic carbocycles. The smallest absolute Gasteiger partial charge is 0.214 e. The van der Waals surface area contributed by atoms with Crippen molar-refractivity contribution < 1.29 is 9.47 Å². The maximum Gasteiger partial charge on any atom is 0.214 e. The first-order valence-electron chi connectivity index (χ1n) is 9.55. The Bertz CT molecular complexity index is 1040. The average Bonchev–Trinajstić information content (AvgIpc) is 3.19. The van der Waals surface area contributed by atoms with Crippen LogP contribution in [0, 0.1) is 6.92 Å². The van der Waals surface area contributed by atoms with Crippen LogP contribution in [0.1, 0.15) is 40.9 Å². The molecule has 0 unspecified atom stereocenters. The molecule has 2 atom stereocenters. The highest BCUT2D eigenvalue weighted by atomic mass is 16.5. The molecule has 0 bridgehead atoms. The molecule has 2 aliphatic heterocycles. The minimum Gasteiger partial charge on any atom is -0.497 e. The minimum absolute atomic E-state index is 0.164. The number of methoxy groups -OCH3 is 1. The molecule has 140 valence electrons. The average molecular weight is 370 g/mol. The van der Waals surface area contributed by atoms with Crippen LogP contribution in [0.3, 0.4) is 0 Å². The quantitative estimate of drug-likeness (QED) is 0.632. The van der Waals surface area contributed by atoms with E-state index in [-0.39, 0.29) is 12.3 Å². The summed E-state index contributed by atoms with van der Waals surface area (Å²) in [6, 6.07) is 25.1. The van der Waals surface area contributed by atoms with Crippen LogP contribution in [-0.4, -0.2) is 17.8 Å². The number of aryl methyl sites for hydroxylation is 1. The molecule has 2 heterocycles. The van der Waals surface area contributed by atoms with Crippen molar-refractivity contribution in [1.29, 1.82) is 0 Å². The lowest BCUT2D eigenvalue weighted by Crippen LogP contribution is -2.33. The Hall–Kier alpha value is -3.27. The molecule has 0 N–H and O–H groups in total. The largest absolute Gasteiger partial charge is 0.497 e. The Morgan fingerprint density at radius 2 is 1.82 bits per heavy atom. The third kappa shape index (κ3) is 2.82. The number of nitrogens with zero attached hydrogens (tertiary/aromatic N) is 2. The van der Waals surface area contributed by atoms with Crippen LogP contribution in [-0.2, 0) is 0 Å². The van der Waals surface area contributed by atoms with E-state index in [1.807, 2.05) is 30.3 Å². The molecule has 0 amide bonds. The molecule has 5 rings (SSSR count). The van der Waals surface area contributed by atoms with Crippen molar-refractivity contribution >= 4 is 5.71 Å². The van der Waals surface area contributed by atoms with Crippen molar-refractivity contribution in [2.75, 3.05) is 7.11 Å². The van der Waals surface area contributed by atoms with E-state index in [1.165, 1.54) is 16.7 Å². The van der Waals surface area contributed by atoms with E-state index in [0.29, 0.717) is 0 Å². The van der Waals surface area contributed by atoms with Crippen LogP contribution in [0.15, 0.2) is 77.9 Å². The van der Waals surface area contributed by atoms with Gasteiger partial charge >= 0.3 is 0 Å². The normalized spacial score (nSPS) is 20.1. The summed E-state index contributed by atoms with van der Waals surface area (Å²) in [6.45, 7) is 2.10. The summed E-state index contributed by atoms with van der Waals surface area (Å²) in [5.74, 6) is 1.75. The van der Waals surface area contributed by atoms with Crippen molar-refractivity contribution in [3.05, 3.63) is 95.1 Å². The number of para-hydroxylation sites is 1. The zero-order chi connectivity index (χ0) is 19.1. The molecular formula is C24H22N2O2. The van der Waals surface area contributed by atoms with Gasteiger partial charge in [0.2, 0.25) is 6.23 Å². The molecule has 4 heteroatoms. The van der Waals surface area contributed by atoms with Crippen molar-refractivity contribution in [3.8, 4) is 11.5 Å². The predicted molar refractivity (Wildman–Crippen MR) is 110 cm³/mol. The van der Waals surface area contributed by atoms with Gasteiger partial charge in [-0.05, 0) is 30.7 Å². The molecular weight excluding hydrogens is 348 g/mol. The predicted octanol–water partition coefficient (Wildman–Crippen LogP) is 5.25. The highest BCUT2D eigenvalue weighted by Gasteiger charge is 2.40. The van der Waals surface area contributed by atoms with Crippen molar-refractivity contribution in [2.45, 2.75) is 25.6 Å².